The molecule has 0 heterocycles. The number of halogens is 4. The van der Waals surface area contributed by atoms with Gasteiger partial charge in [-0.15, -0.1) is 0 Å². The molecule has 2 N–H and O–H groups in total. The first kappa shape index (κ1) is 23.0. The number of rotatable bonds is 7. The Morgan fingerprint density at radius 3 is 2.19 bits per heavy atom. The van der Waals surface area contributed by atoms with Crippen LogP contribution in [0, 0.1) is 5.82 Å². The Balaban J connectivity index is 1.56. The Kier molecular flexibility index (Phi) is 7.25. The fourth-order valence-corrected chi connectivity index (χ4v) is 3.14. The molecule has 0 saturated carbocycles. The average molecular weight is 444 g/mol. The van der Waals surface area contributed by atoms with Gasteiger partial charge in [0.25, 0.3) is 5.91 Å². The minimum absolute atomic E-state index is 0.0163. The van der Waals surface area contributed by atoms with Crippen molar-refractivity contribution in [3.05, 3.63) is 95.3 Å². The number of amides is 2. The smallest absolute Gasteiger partial charge is 0.354 e. The molecule has 8 heteroatoms. The molecule has 0 spiro atoms. The summed E-state index contributed by atoms with van der Waals surface area (Å²) in [5, 5.41) is 5.32. The minimum Gasteiger partial charge on any atom is -0.354 e. The van der Waals surface area contributed by atoms with Crippen LogP contribution in [0.1, 0.15) is 21.5 Å². The number of nitrogens with one attached hydrogen (secondary N) is 2. The van der Waals surface area contributed by atoms with Crippen LogP contribution in [0.5, 0.6) is 0 Å². The second-order valence-electron chi connectivity index (χ2n) is 7.03. The summed E-state index contributed by atoms with van der Waals surface area (Å²) in [4.78, 5) is 24.5. The summed E-state index contributed by atoms with van der Waals surface area (Å²) in [6.07, 6.45) is -4.42. The van der Waals surface area contributed by atoms with E-state index in [0.717, 1.165) is 12.1 Å². The van der Waals surface area contributed by atoms with Gasteiger partial charge in [0.2, 0.25) is 5.91 Å². The molecule has 0 saturated heterocycles. The summed E-state index contributed by atoms with van der Waals surface area (Å²) < 4.78 is 51.5. The third-order valence-corrected chi connectivity index (χ3v) is 4.68. The van der Waals surface area contributed by atoms with Crippen LogP contribution < -0.4 is 10.6 Å². The summed E-state index contributed by atoms with van der Waals surface area (Å²) >= 11 is 0. The second kappa shape index (κ2) is 10.1. The Hall–Kier alpha value is -3.68. The predicted octanol–water partition coefficient (Wildman–Crippen LogP) is 4.60. The highest BCUT2D eigenvalue weighted by Gasteiger charge is 2.30. The Morgan fingerprint density at radius 1 is 0.812 bits per heavy atom. The van der Waals surface area contributed by atoms with Crippen molar-refractivity contribution in [3.63, 3.8) is 0 Å². The van der Waals surface area contributed by atoms with Crippen LogP contribution in [0.15, 0.2) is 72.8 Å². The molecule has 32 heavy (non-hydrogen) atoms. The molecule has 4 nitrogen and oxygen atoms in total. The van der Waals surface area contributed by atoms with Gasteiger partial charge in [0.05, 0.1) is 12.0 Å². The molecule has 2 amide bonds. The van der Waals surface area contributed by atoms with Gasteiger partial charge in [0.15, 0.2) is 0 Å². The molecule has 3 aromatic carbocycles. The topological polar surface area (TPSA) is 58.2 Å². The molecule has 3 rings (SSSR count). The molecule has 0 bridgehead atoms. The molecule has 0 radical (unpaired) electrons. The zero-order valence-corrected chi connectivity index (χ0v) is 16.9. The first-order valence-electron chi connectivity index (χ1n) is 9.80. The molecular formula is C24H20F4N2O2. The van der Waals surface area contributed by atoms with Crippen molar-refractivity contribution in [3.8, 4) is 11.1 Å². The van der Waals surface area contributed by atoms with E-state index in [1.54, 1.807) is 30.3 Å². The lowest BCUT2D eigenvalue weighted by Crippen LogP contribution is -2.35. The molecule has 166 valence electrons. The van der Waals surface area contributed by atoms with Gasteiger partial charge in [-0.2, -0.15) is 13.2 Å². The van der Waals surface area contributed by atoms with Crippen molar-refractivity contribution in [1.82, 2.24) is 10.6 Å². The standard InChI is InChI=1S/C24H20F4N2O2/c25-19-5-3-4-16(14-19)15-22(31)29-12-13-30-23(32)21-7-2-1-6-20(21)17-8-10-18(11-9-17)24(26,27)28/h1-11,14H,12-13,15H2,(H,29,31)(H,30,32). The van der Waals surface area contributed by atoms with Gasteiger partial charge in [0.1, 0.15) is 5.82 Å². The third-order valence-electron chi connectivity index (χ3n) is 4.68. The van der Waals surface area contributed by atoms with Gasteiger partial charge >= 0.3 is 6.18 Å². The summed E-state index contributed by atoms with van der Waals surface area (Å²) in [5.41, 5.74) is 1.05. The third kappa shape index (κ3) is 6.16. The van der Waals surface area contributed by atoms with E-state index in [1.807, 2.05) is 0 Å². The molecular weight excluding hydrogens is 424 g/mol. The van der Waals surface area contributed by atoms with E-state index in [1.165, 1.54) is 30.3 Å². The van der Waals surface area contributed by atoms with Crippen LogP contribution in [0.2, 0.25) is 0 Å². The van der Waals surface area contributed by atoms with Crippen LogP contribution in [-0.4, -0.2) is 24.9 Å². The Morgan fingerprint density at radius 2 is 1.50 bits per heavy atom. The number of hydrogen-bond donors (Lipinski definition) is 2. The lowest BCUT2D eigenvalue weighted by atomic mass is 9.98. The second-order valence-corrected chi connectivity index (χ2v) is 7.03. The first-order chi connectivity index (χ1) is 15.2. The largest absolute Gasteiger partial charge is 0.416 e. The molecule has 0 aromatic heterocycles. The average Bonchev–Trinajstić information content (AvgIpc) is 2.76. The van der Waals surface area contributed by atoms with E-state index in [9.17, 15) is 27.2 Å². The lowest BCUT2D eigenvalue weighted by molar-refractivity contribution is -0.137. The summed E-state index contributed by atoms with van der Waals surface area (Å²) in [6.45, 7) is 0.317. The van der Waals surface area contributed by atoms with Gasteiger partial charge < -0.3 is 10.6 Å². The van der Waals surface area contributed by atoms with Crippen molar-refractivity contribution in [2.45, 2.75) is 12.6 Å². The van der Waals surface area contributed by atoms with E-state index in [-0.39, 0.29) is 25.4 Å². The van der Waals surface area contributed by atoms with E-state index in [4.69, 9.17) is 0 Å². The summed E-state index contributed by atoms with van der Waals surface area (Å²) in [5.74, 6) is -1.15. The first-order valence-corrected chi connectivity index (χ1v) is 9.80. The summed E-state index contributed by atoms with van der Waals surface area (Å²) in [6, 6.07) is 16.9. The maximum absolute atomic E-state index is 13.2. The van der Waals surface area contributed by atoms with E-state index in [2.05, 4.69) is 10.6 Å². The van der Waals surface area contributed by atoms with Crippen molar-refractivity contribution < 1.29 is 27.2 Å². The van der Waals surface area contributed by atoms with Gasteiger partial charge in [-0.3, -0.25) is 9.59 Å². The fourth-order valence-electron chi connectivity index (χ4n) is 3.14. The molecule has 0 aliphatic heterocycles. The zero-order chi connectivity index (χ0) is 23.1. The monoisotopic (exact) mass is 444 g/mol. The quantitative estimate of drug-likeness (QED) is 0.413. The molecule has 3 aromatic rings. The number of alkyl halides is 3. The lowest BCUT2D eigenvalue weighted by Gasteiger charge is -2.12. The Labute approximate surface area is 182 Å². The molecule has 0 fully saturated rings. The maximum atomic E-state index is 13.2. The van der Waals surface area contributed by atoms with Crippen molar-refractivity contribution in [2.75, 3.05) is 13.1 Å². The molecule has 0 atom stereocenters. The van der Waals surface area contributed by atoms with Crippen LogP contribution in [0.4, 0.5) is 17.6 Å². The normalized spacial score (nSPS) is 11.1. The number of benzene rings is 3. The summed E-state index contributed by atoms with van der Waals surface area (Å²) in [7, 11) is 0. The maximum Gasteiger partial charge on any atom is 0.416 e. The van der Waals surface area contributed by atoms with Crippen molar-refractivity contribution >= 4 is 11.8 Å². The molecule has 0 aliphatic carbocycles. The predicted molar refractivity (Wildman–Crippen MR) is 112 cm³/mol. The van der Waals surface area contributed by atoms with Crippen LogP contribution in [0.25, 0.3) is 11.1 Å². The minimum atomic E-state index is -4.44. The number of carbonyl (C=O) groups excluding carboxylic acids is 2. The molecule has 0 unspecified atom stereocenters. The highest BCUT2D eigenvalue weighted by Crippen LogP contribution is 2.31. The zero-order valence-electron chi connectivity index (χ0n) is 16.9. The van der Waals surface area contributed by atoms with Gasteiger partial charge in [-0.1, -0.05) is 42.5 Å². The number of carbonyl (C=O) groups is 2. The van der Waals surface area contributed by atoms with Crippen molar-refractivity contribution in [1.29, 1.82) is 0 Å². The number of hydrogen-bond acceptors (Lipinski definition) is 2. The van der Waals surface area contributed by atoms with Gasteiger partial charge in [-0.25, -0.2) is 4.39 Å². The van der Waals surface area contributed by atoms with Crippen LogP contribution in [-0.2, 0) is 17.4 Å². The highest BCUT2D eigenvalue weighted by molar-refractivity contribution is 6.00. The fraction of sp³-hybridized carbons (Fsp3) is 0.167. The Bertz CT molecular complexity index is 1100. The van der Waals surface area contributed by atoms with E-state index in [0.29, 0.717) is 22.3 Å². The van der Waals surface area contributed by atoms with Crippen molar-refractivity contribution in [2.24, 2.45) is 0 Å². The molecule has 0 aliphatic rings. The van der Waals surface area contributed by atoms with Gasteiger partial charge in [-0.05, 0) is 47.0 Å². The van der Waals surface area contributed by atoms with Gasteiger partial charge in [0, 0.05) is 18.7 Å². The van der Waals surface area contributed by atoms with Crippen LogP contribution >= 0.6 is 0 Å². The van der Waals surface area contributed by atoms with E-state index < -0.39 is 23.5 Å². The highest BCUT2D eigenvalue weighted by atomic mass is 19.4. The van der Waals surface area contributed by atoms with E-state index >= 15 is 0 Å². The van der Waals surface area contributed by atoms with Crippen LogP contribution in [0.3, 0.4) is 0 Å². The SMILES string of the molecule is O=C(Cc1cccc(F)c1)NCCNC(=O)c1ccccc1-c1ccc(C(F)(F)F)cc1.